The summed E-state index contributed by atoms with van der Waals surface area (Å²) in [4.78, 5) is 80.3. The Hall–Kier alpha value is -6.55. The van der Waals surface area contributed by atoms with Gasteiger partial charge in [-0.15, -0.1) is 0 Å². The lowest BCUT2D eigenvalue weighted by atomic mass is 10.0. The van der Waals surface area contributed by atoms with Crippen LogP contribution in [0, 0.1) is 0 Å². The van der Waals surface area contributed by atoms with Gasteiger partial charge in [-0.2, -0.15) is 13.2 Å². The van der Waals surface area contributed by atoms with Crippen LogP contribution in [0.4, 0.5) is 18.9 Å². The molecule has 6 rings (SSSR count). The number of nitrogens with one attached hydrogen (secondary N) is 5. The number of ether oxygens (including phenoxy) is 1. The number of fused-ring (bicyclic) bond motifs is 18. The summed E-state index contributed by atoms with van der Waals surface area (Å²) in [6.45, 7) is -0.333. The standard InChI is InChI=1S/C42H42F3N5O8/c43-42(44,45)30-15-11-27(12-16-30)22-33-38(53)48-32(21-26-7-3-1-4-8-26)39(54)50-34(41(56)57)23-28-13-17-31(18-14-28)46-36(51)19-20-37(52)47-35(40(55)49-33)25-58-24-29-9-5-2-6-10-29/h1-18,32-35H,19-25H2,(H,46,51)(H,47,52)(H,48,53)(H,49,55)(H,50,54)(H,56,57)/t32-,33+,34+,35-/m1/s1. The molecule has 0 aliphatic carbocycles. The zero-order valence-corrected chi connectivity index (χ0v) is 31.1. The fourth-order valence-electron chi connectivity index (χ4n) is 6.08. The van der Waals surface area contributed by atoms with Gasteiger partial charge in [0.25, 0.3) is 0 Å². The summed E-state index contributed by atoms with van der Waals surface area (Å²) < 4.78 is 45.9. The SMILES string of the molecule is O=C1CCC(=O)N[C@H](COCc2ccccc2)C(=O)N[C@@H](Cc2ccc(C(F)(F)F)cc2)C(=O)N[C@H](Cc2ccccc2)C(=O)N[C@H](C(=O)O)Cc2ccc(cc2)N1. The molecule has 13 nitrogen and oxygen atoms in total. The molecule has 2 aliphatic rings. The van der Waals surface area contributed by atoms with Crippen LogP contribution in [0.3, 0.4) is 0 Å². The summed E-state index contributed by atoms with van der Waals surface area (Å²) in [6, 6.07) is 21.8. The number of hydrogen-bond acceptors (Lipinski definition) is 7. The normalized spacial score (nSPS) is 20.1. The number of halogens is 3. The molecule has 0 saturated heterocycles. The molecule has 4 aromatic rings. The Morgan fingerprint density at radius 3 is 1.71 bits per heavy atom. The van der Waals surface area contributed by atoms with Gasteiger partial charge in [-0.05, 0) is 46.5 Å². The molecular weight excluding hydrogens is 759 g/mol. The maximum atomic E-state index is 14.2. The second-order valence-electron chi connectivity index (χ2n) is 13.7. The lowest BCUT2D eigenvalue weighted by Gasteiger charge is -2.26. The van der Waals surface area contributed by atoms with Gasteiger partial charge in [-0.3, -0.25) is 24.0 Å². The van der Waals surface area contributed by atoms with E-state index in [0.717, 1.165) is 29.8 Å². The van der Waals surface area contributed by atoms with Crippen molar-refractivity contribution < 1.29 is 51.8 Å². The van der Waals surface area contributed by atoms with E-state index in [2.05, 4.69) is 26.6 Å². The third-order valence-electron chi connectivity index (χ3n) is 9.19. The monoisotopic (exact) mass is 801 g/mol. The van der Waals surface area contributed by atoms with Crippen molar-refractivity contribution in [1.82, 2.24) is 21.3 Å². The number of hydrogen-bond donors (Lipinski definition) is 6. The van der Waals surface area contributed by atoms with E-state index in [9.17, 15) is 47.0 Å². The van der Waals surface area contributed by atoms with E-state index >= 15 is 0 Å². The van der Waals surface area contributed by atoms with Crippen molar-refractivity contribution in [3.05, 3.63) is 137 Å². The molecule has 5 amide bonds. The van der Waals surface area contributed by atoms with E-state index < -0.39 is 71.4 Å². The molecule has 0 saturated carbocycles. The predicted octanol–water partition coefficient (Wildman–Crippen LogP) is 3.71. The van der Waals surface area contributed by atoms with Crippen LogP contribution in [-0.2, 0) is 65.5 Å². The smallest absolute Gasteiger partial charge is 0.416 e. The van der Waals surface area contributed by atoms with Gasteiger partial charge < -0.3 is 36.4 Å². The van der Waals surface area contributed by atoms with Crippen molar-refractivity contribution in [1.29, 1.82) is 0 Å². The Labute approximate surface area is 331 Å². The largest absolute Gasteiger partial charge is 0.480 e. The summed E-state index contributed by atoms with van der Waals surface area (Å²) in [5, 5.41) is 23.0. The second-order valence-corrected chi connectivity index (χ2v) is 13.7. The van der Waals surface area contributed by atoms with Gasteiger partial charge in [0.2, 0.25) is 29.5 Å². The van der Waals surface area contributed by atoms with Crippen molar-refractivity contribution in [2.75, 3.05) is 11.9 Å². The highest BCUT2D eigenvalue weighted by atomic mass is 19.4. The third-order valence-corrected chi connectivity index (χ3v) is 9.19. The third kappa shape index (κ3) is 13.0. The van der Waals surface area contributed by atoms with E-state index in [-0.39, 0.29) is 50.9 Å². The van der Waals surface area contributed by atoms with Crippen molar-refractivity contribution in [2.45, 2.75) is 69.1 Å². The molecule has 2 aliphatic heterocycles. The number of amides is 5. The predicted molar refractivity (Wildman–Crippen MR) is 205 cm³/mol. The highest BCUT2D eigenvalue weighted by Gasteiger charge is 2.33. The zero-order valence-electron chi connectivity index (χ0n) is 31.1. The van der Waals surface area contributed by atoms with Gasteiger partial charge in [-0.25, -0.2) is 4.79 Å². The number of alkyl halides is 3. The summed E-state index contributed by atoms with van der Waals surface area (Å²) >= 11 is 0. The number of carboxylic acids is 1. The van der Waals surface area contributed by atoms with E-state index in [1.54, 1.807) is 72.8 Å². The van der Waals surface area contributed by atoms with Crippen LogP contribution < -0.4 is 26.6 Å². The number of carboxylic acid groups (broad SMARTS) is 1. The molecule has 304 valence electrons. The highest BCUT2D eigenvalue weighted by molar-refractivity contribution is 5.96. The molecule has 0 fully saturated rings. The van der Waals surface area contributed by atoms with Crippen LogP contribution >= 0.6 is 0 Å². The second kappa shape index (κ2) is 20.0. The molecule has 2 heterocycles. The topological polar surface area (TPSA) is 192 Å². The molecule has 4 aromatic carbocycles. The van der Waals surface area contributed by atoms with Crippen LogP contribution in [0.15, 0.2) is 109 Å². The van der Waals surface area contributed by atoms with Crippen LogP contribution in [0.1, 0.15) is 40.7 Å². The van der Waals surface area contributed by atoms with Crippen molar-refractivity contribution in [2.24, 2.45) is 0 Å². The fraction of sp³-hybridized carbons (Fsp3) is 0.286. The van der Waals surface area contributed by atoms with Crippen LogP contribution in [0.25, 0.3) is 0 Å². The van der Waals surface area contributed by atoms with Gasteiger partial charge in [0.1, 0.15) is 24.2 Å². The molecule has 58 heavy (non-hydrogen) atoms. The van der Waals surface area contributed by atoms with E-state index in [1.807, 2.05) is 0 Å². The molecule has 0 radical (unpaired) electrons. The number of rotatable bonds is 9. The van der Waals surface area contributed by atoms with E-state index in [1.165, 1.54) is 12.1 Å². The van der Waals surface area contributed by atoms with E-state index in [4.69, 9.17) is 4.74 Å². The number of benzene rings is 4. The number of carbonyl (C=O) groups excluding carboxylic acids is 5. The zero-order chi connectivity index (χ0) is 41.7. The Morgan fingerprint density at radius 1 is 0.621 bits per heavy atom. The molecule has 6 N–H and O–H groups in total. The highest BCUT2D eigenvalue weighted by Crippen LogP contribution is 2.29. The molecule has 4 atom stereocenters. The van der Waals surface area contributed by atoms with Crippen LogP contribution in [0.2, 0.25) is 0 Å². The number of anilines is 1. The lowest BCUT2D eigenvalue weighted by molar-refractivity contribution is -0.142. The number of aliphatic carboxylic acids is 1. The maximum Gasteiger partial charge on any atom is 0.416 e. The van der Waals surface area contributed by atoms with Gasteiger partial charge in [0, 0.05) is 37.8 Å². The Kier molecular flexibility index (Phi) is 14.7. The van der Waals surface area contributed by atoms with Crippen molar-refractivity contribution >= 4 is 41.2 Å². The van der Waals surface area contributed by atoms with Crippen molar-refractivity contribution in [3.8, 4) is 0 Å². The first kappa shape index (κ1) is 42.6. The van der Waals surface area contributed by atoms with Gasteiger partial charge in [0.15, 0.2) is 0 Å². The van der Waals surface area contributed by atoms with E-state index in [0.29, 0.717) is 16.8 Å². The Morgan fingerprint density at radius 2 is 1.14 bits per heavy atom. The summed E-state index contributed by atoms with van der Waals surface area (Å²) in [5.74, 6) is -5.27. The van der Waals surface area contributed by atoms with Gasteiger partial charge in [0.05, 0.1) is 18.8 Å². The molecular formula is C42H42F3N5O8. The quantitative estimate of drug-likeness (QED) is 0.138. The van der Waals surface area contributed by atoms with Gasteiger partial charge >= 0.3 is 12.1 Å². The minimum absolute atomic E-state index is 0.0464. The van der Waals surface area contributed by atoms with Crippen LogP contribution in [0.5, 0.6) is 0 Å². The van der Waals surface area contributed by atoms with Gasteiger partial charge in [-0.1, -0.05) is 84.9 Å². The molecule has 16 heteroatoms. The molecule has 0 spiro atoms. The average molecular weight is 802 g/mol. The first-order chi connectivity index (χ1) is 27.7. The minimum Gasteiger partial charge on any atom is -0.480 e. The summed E-state index contributed by atoms with van der Waals surface area (Å²) in [5.41, 5.74) is 1.50. The van der Waals surface area contributed by atoms with Crippen LogP contribution in [-0.4, -0.2) is 71.4 Å². The average Bonchev–Trinajstić information content (AvgIpc) is 3.19. The first-order valence-electron chi connectivity index (χ1n) is 18.4. The lowest BCUT2D eigenvalue weighted by Crippen LogP contribution is -2.59. The number of carbonyl (C=O) groups is 6. The Bertz CT molecular complexity index is 2050. The first-order valence-corrected chi connectivity index (χ1v) is 18.4. The summed E-state index contributed by atoms with van der Waals surface area (Å²) in [7, 11) is 0. The molecule has 2 bridgehead atoms. The minimum atomic E-state index is -4.64. The Balaban J connectivity index is 1.49. The maximum absolute atomic E-state index is 14.2. The fourth-order valence-corrected chi connectivity index (χ4v) is 6.08. The van der Waals surface area contributed by atoms with Crippen molar-refractivity contribution in [3.63, 3.8) is 0 Å². The molecule has 0 aromatic heterocycles. The molecule has 0 unspecified atom stereocenters. The summed E-state index contributed by atoms with van der Waals surface area (Å²) in [6.07, 6.45) is -5.87.